The number of anilines is 1. The van der Waals surface area contributed by atoms with E-state index in [-0.39, 0.29) is 5.56 Å². The van der Waals surface area contributed by atoms with Gasteiger partial charge in [-0.25, -0.2) is 4.79 Å². The minimum absolute atomic E-state index is 0.208. The van der Waals surface area contributed by atoms with Gasteiger partial charge < -0.3 is 21.1 Å². The highest BCUT2D eigenvalue weighted by atomic mass is 16.5. The number of nitrogens with zero attached hydrogens (tertiary/aromatic N) is 1. The van der Waals surface area contributed by atoms with Crippen LogP contribution in [-0.2, 0) is 15.1 Å². The quantitative estimate of drug-likeness (QED) is 0.597. The fourth-order valence-corrected chi connectivity index (χ4v) is 3.20. The second kappa shape index (κ2) is 8.24. The molecule has 156 valence electrons. The molecule has 2 aromatic rings. The smallest absolute Gasteiger partial charge is 0.325 e. The number of carbonyl (C=O) groups is 4. The van der Waals surface area contributed by atoms with Crippen molar-refractivity contribution in [2.24, 2.45) is 5.73 Å². The van der Waals surface area contributed by atoms with E-state index in [0.29, 0.717) is 23.6 Å². The summed E-state index contributed by atoms with van der Waals surface area (Å²) in [4.78, 5) is 50.2. The molecule has 0 bridgehead atoms. The number of para-hydroxylation sites is 2. The van der Waals surface area contributed by atoms with E-state index >= 15 is 0 Å². The lowest BCUT2D eigenvalue weighted by Crippen LogP contribution is -2.42. The van der Waals surface area contributed by atoms with Crippen LogP contribution in [0.15, 0.2) is 48.5 Å². The molecule has 0 saturated carbocycles. The predicted octanol–water partition coefficient (Wildman–Crippen LogP) is 1.59. The molecule has 2 aromatic carbocycles. The molecule has 3 rings (SSSR count). The Morgan fingerprint density at radius 1 is 1.17 bits per heavy atom. The Morgan fingerprint density at radius 2 is 1.90 bits per heavy atom. The summed E-state index contributed by atoms with van der Waals surface area (Å²) in [5.41, 5.74) is 4.91. The summed E-state index contributed by atoms with van der Waals surface area (Å²) >= 11 is 0. The van der Waals surface area contributed by atoms with Crippen LogP contribution in [0, 0.1) is 0 Å². The Hall–Kier alpha value is -3.88. The first-order chi connectivity index (χ1) is 14.3. The van der Waals surface area contributed by atoms with Crippen molar-refractivity contribution in [3.05, 3.63) is 59.7 Å². The molecule has 1 fully saturated rings. The minimum atomic E-state index is -1.42. The van der Waals surface area contributed by atoms with Crippen LogP contribution in [-0.4, -0.2) is 41.8 Å². The van der Waals surface area contributed by atoms with Crippen molar-refractivity contribution < 1.29 is 23.9 Å². The van der Waals surface area contributed by atoms with Gasteiger partial charge in [0.2, 0.25) is 11.8 Å². The standard InChI is InChI=1S/C21H22N4O5/c1-3-30-16-10-5-4-9-15(16)23-17(26)12-25-19(28)21(2,24-20(25)29)14-8-6-7-13(11-14)18(22)27/h4-11H,3,12H2,1-2H3,(H2,22,27)(H,23,26)(H,24,29). The lowest BCUT2D eigenvalue weighted by Gasteiger charge is -2.22. The molecule has 9 heteroatoms. The number of nitrogens with two attached hydrogens (primary N) is 1. The highest BCUT2D eigenvalue weighted by molar-refractivity contribution is 6.10. The summed E-state index contributed by atoms with van der Waals surface area (Å²) in [7, 11) is 0. The number of hydrogen-bond donors (Lipinski definition) is 3. The van der Waals surface area contributed by atoms with Gasteiger partial charge in [-0.15, -0.1) is 0 Å². The van der Waals surface area contributed by atoms with Crippen molar-refractivity contribution in [1.29, 1.82) is 0 Å². The fraction of sp³-hybridized carbons (Fsp3) is 0.238. The summed E-state index contributed by atoms with van der Waals surface area (Å²) in [5.74, 6) is -1.33. The zero-order valence-corrected chi connectivity index (χ0v) is 16.6. The Bertz CT molecular complexity index is 1020. The number of nitrogens with one attached hydrogen (secondary N) is 2. The highest BCUT2D eigenvalue weighted by Crippen LogP contribution is 2.29. The third-order valence-electron chi connectivity index (χ3n) is 4.76. The number of urea groups is 1. The van der Waals surface area contributed by atoms with Gasteiger partial charge in [0.05, 0.1) is 12.3 Å². The summed E-state index contributed by atoms with van der Waals surface area (Å²) in [6.07, 6.45) is 0. The van der Waals surface area contributed by atoms with Crippen LogP contribution in [0.5, 0.6) is 5.75 Å². The molecular weight excluding hydrogens is 388 g/mol. The molecule has 0 aromatic heterocycles. The Morgan fingerprint density at radius 3 is 2.60 bits per heavy atom. The number of imide groups is 1. The maximum atomic E-state index is 13.0. The van der Waals surface area contributed by atoms with Crippen LogP contribution < -0.4 is 21.1 Å². The maximum Gasteiger partial charge on any atom is 0.325 e. The average molecular weight is 410 g/mol. The number of hydrogen-bond acceptors (Lipinski definition) is 5. The van der Waals surface area contributed by atoms with Crippen LogP contribution in [0.1, 0.15) is 29.8 Å². The van der Waals surface area contributed by atoms with Crippen molar-refractivity contribution in [3.8, 4) is 5.75 Å². The fourth-order valence-electron chi connectivity index (χ4n) is 3.20. The van der Waals surface area contributed by atoms with Crippen LogP contribution in [0.3, 0.4) is 0 Å². The summed E-state index contributed by atoms with van der Waals surface area (Å²) < 4.78 is 5.46. The maximum absolute atomic E-state index is 13.0. The van der Waals surface area contributed by atoms with Crippen molar-refractivity contribution in [2.45, 2.75) is 19.4 Å². The second-order valence-corrected chi connectivity index (χ2v) is 6.87. The summed E-state index contributed by atoms with van der Waals surface area (Å²) in [6.45, 7) is 3.27. The third-order valence-corrected chi connectivity index (χ3v) is 4.76. The van der Waals surface area contributed by atoms with E-state index in [9.17, 15) is 19.2 Å². The third kappa shape index (κ3) is 3.95. The molecule has 0 aliphatic carbocycles. The van der Waals surface area contributed by atoms with Gasteiger partial charge in [0.25, 0.3) is 5.91 Å². The van der Waals surface area contributed by atoms with Gasteiger partial charge in [-0.1, -0.05) is 24.3 Å². The van der Waals surface area contributed by atoms with Crippen molar-refractivity contribution in [1.82, 2.24) is 10.2 Å². The topological polar surface area (TPSA) is 131 Å². The van der Waals surface area contributed by atoms with Crippen LogP contribution >= 0.6 is 0 Å². The minimum Gasteiger partial charge on any atom is -0.492 e. The molecule has 0 spiro atoms. The number of ether oxygens (including phenoxy) is 1. The predicted molar refractivity (Wildman–Crippen MR) is 109 cm³/mol. The van der Waals surface area contributed by atoms with Crippen molar-refractivity contribution >= 4 is 29.4 Å². The van der Waals surface area contributed by atoms with E-state index in [0.717, 1.165) is 4.90 Å². The molecule has 1 heterocycles. The van der Waals surface area contributed by atoms with Gasteiger partial charge in [0, 0.05) is 5.56 Å². The number of primary amides is 1. The van der Waals surface area contributed by atoms with Gasteiger partial charge in [-0.3, -0.25) is 19.3 Å². The van der Waals surface area contributed by atoms with E-state index < -0.39 is 35.8 Å². The largest absolute Gasteiger partial charge is 0.492 e. The van der Waals surface area contributed by atoms with E-state index in [2.05, 4.69) is 10.6 Å². The molecule has 1 aliphatic heterocycles. The van der Waals surface area contributed by atoms with Crippen LogP contribution in [0.2, 0.25) is 0 Å². The summed E-state index contributed by atoms with van der Waals surface area (Å²) in [6, 6.07) is 12.3. The number of amides is 5. The molecule has 1 unspecified atom stereocenters. The van der Waals surface area contributed by atoms with Crippen LogP contribution in [0.4, 0.5) is 10.5 Å². The number of rotatable bonds is 7. The van der Waals surface area contributed by atoms with Crippen LogP contribution in [0.25, 0.3) is 0 Å². The normalized spacial score (nSPS) is 18.1. The number of benzene rings is 2. The van der Waals surface area contributed by atoms with E-state index in [1.165, 1.54) is 19.1 Å². The molecular formula is C21H22N4O5. The Balaban J connectivity index is 1.77. The van der Waals surface area contributed by atoms with Gasteiger partial charge in [-0.2, -0.15) is 0 Å². The molecule has 9 nitrogen and oxygen atoms in total. The first-order valence-corrected chi connectivity index (χ1v) is 9.32. The zero-order valence-electron chi connectivity index (χ0n) is 16.6. The van der Waals surface area contributed by atoms with Gasteiger partial charge in [0.1, 0.15) is 17.8 Å². The zero-order chi connectivity index (χ0) is 21.9. The van der Waals surface area contributed by atoms with E-state index in [1.54, 1.807) is 36.4 Å². The highest BCUT2D eigenvalue weighted by Gasteiger charge is 2.49. The summed E-state index contributed by atoms with van der Waals surface area (Å²) in [5, 5.41) is 5.25. The van der Waals surface area contributed by atoms with Gasteiger partial charge >= 0.3 is 6.03 Å². The monoisotopic (exact) mass is 410 g/mol. The SMILES string of the molecule is CCOc1ccccc1NC(=O)CN1C(=O)NC(C)(c2cccc(C(N)=O)c2)C1=O. The lowest BCUT2D eigenvalue weighted by molar-refractivity contribution is -0.133. The molecule has 4 N–H and O–H groups in total. The number of carbonyl (C=O) groups excluding carboxylic acids is 4. The van der Waals surface area contributed by atoms with E-state index in [4.69, 9.17) is 10.5 Å². The molecule has 1 aliphatic rings. The van der Waals surface area contributed by atoms with Gasteiger partial charge in [-0.05, 0) is 43.7 Å². The first-order valence-electron chi connectivity index (χ1n) is 9.32. The Kier molecular flexibility index (Phi) is 5.72. The molecule has 0 radical (unpaired) electrons. The van der Waals surface area contributed by atoms with E-state index in [1.807, 2.05) is 6.92 Å². The molecule has 30 heavy (non-hydrogen) atoms. The lowest BCUT2D eigenvalue weighted by atomic mass is 9.90. The van der Waals surface area contributed by atoms with Crippen molar-refractivity contribution in [2.75, 3.05) is 18.5 Å². The first kappa shape index (κ1) is 20.8. The molecule has 5 amide bonds. The van der Waals surface area contributed by atoms with Gasteiger partial charge in [0.15, 0.2) is 0 Å². The molecule has 1 saturated heterocycles. The van der Waals surface area contributed by atoms with Crippen molar-refractivity contribution in [3.63, 3.8) is 0 Å². The Labute approximate surface area is 173 Å². The average Bonchev–Trinajstić information content (AvgIpc) is 2.94. The second-order valence-electron chi connectivity index (χ2n) is 6.87. The molecule has 1 atom stereocenters.